The number of methoxy groups -OCH3 is 1. The summed E-state index contributed by atoms with van der Waals surface area (Å²) in [7, 11) is 1.61. The monoisotopic (exact) mass is 465 g/mol. The number of carbonyl (C=O) groups excluding carboxylic acids is 2. The van der Waals surface area contributed by atoms with E-state index in [0.717, 1.165) is 33.6 Å². The SMILES string of the molecule is COc1ccc2c(c1)CN(C(=O)CN1C(=O)CCc3cc(-c4ccc(F)c(Cl)c4)cnc31)C2. The molecule has 2 aliphatic heterocycles. The summed E-state index contributed by atoms with van der Waals surface area (Å²) in [4.78, 5) is 33.5. The van der Waals surface area contributed by atoms with Crippen molar-refractivity contribution in [1.82, 2.24) is 9.88 Å². The van der Waals surface area contributed by atoms with Crippen LogP contribution in [-0.2, 0) is 29.1 Å². The smallest absolute Gasteiger partial charge is 0.243 e. The number of hydrogen-bond acceptors (Lipinski definition) is 4. The van der Waals surface area contributed by atoms with E-state index >= 15 is 0 Å². The summed E-state index contributed by atoms with van der Waals surface area (Å²) in [6.07, 6.45) is 2.45. The van der Waals surface area contributed by atoms with E-state index in [1.807, 2.05) is 24.3 Å². The molecule has 0 N–H and O–H groups in total. The molecular formula is C25H21ClFN3O3. The number of amides is 2. The fourth-order valence-electron chi connectivity index (χ4n) is 4.33. The normalized spacial score (nSPS) is 14.8. The third-order valence-corrected chi connectivity index (χ3v) is 6.43. The first kappa shape index (κ1) is 21.4. The van der Waals surface area contributed by atoms with Gasteiger partial charge in [0.2, 0.25) is 11.8 Å². The number of ether oxygens (including phenoxy) is 1. The summed E-state index contributed by atoms with van der Waals surface area (Å²) < 4.78 is 18.8. The van der Waals surface area contributed by atoms with Gasteiger partial charge in [-0.3, -0.25) is 14.5 Å². The van der Waals surface area contributed by atoms with Crippen LogP contribution >= 0.6 is 11.6 Å². The maximum absolute atomic E-state index is 13.5. The first-order chi connectivity index (χ1) is 15.9. The van der Waals surface area contributed by atoms with E-state index in [9.17, 15) is 14.0 Å². The van der Waals surface area contributed by atoms with Crippen molar-refractivity contribution in [3.05, 3.63) is 76.2 Å². The van der Waals surface area contributed by atoms with Crippen molar-refractivity contribution in [2.45, 2.75) is 25.9 Å². The van der Waals surface area contributed by atoms with Crippen LogP contribution < -0.4 is 9.64 Å². The van der Waals surface area contributed by atoms with Crippen LogP contribution in [-0.4, -0.2) is 35.4 Å². The van der Waals surface area contributed by atoms with Gasteiger partial charge in [-0.05, 0) is 59.0 Å². The van der Waals surface area contributed by atoms with E-state index in [1.165, 1.54) is 11.0 Å². The van der Waals surface area contributed by atoms with E-state index in [-0.39, 0.29) is 23.4 Å². The lowest BCUT2D eigenvalue weighted by Crippen LogP contribution is -2.43. The van der Waals surface area contributed by atoms with Gasteiger partial charge in [0.05, 0.1) is 12.1 Å². The topological polar surface area (TPSA) is 62.7 Å². The Morgan fingerprint density at radius 1 is 1.06 bits per heavy atom. The molecule has 0 saturated heterocycles. The van der Waals surface area contributed by atoms with E-state index < -0.39 is 5.82 Å². The molecule has 5 rings (SSSR count). The van der Waals surface area contributed by atoms with Crippen molar-refractivity contribution < 1.29 is 18.7 Å². The largest absolute Gasteiger partial charge is 0.497 e. The number of hydrogen-bond donors (Lipinski definition) is 0. The number of nitrogens with zero attached hydrogens (tertiary/aromatic N) is 3. The van der Waals surface area contributed by atoms with Crippen molar-refractivity contribution in [3.63, 3.8) is 0 Å². The van der Waals surface area contributed by atoms with Gasteiger partial charge in [-0.2, -0.15) is 0 Å². The Morgan fingerprint density at radius 3 is 2.67 bits per heavy atom. The van der Waals surface area contributed by atoms with Gasteiger partial charge in [0.25, 0.3) is 0 Å². The van der Waals surface area contributed by atoms with Gasteiger partial charge < -0.3 is 9.64 Å². The van der Waals surface area contributed by atoms with Crippen LogP contribution in [0.1, 0.15) is 23.1 Å². The minimum Gasteiger partial charge on any atom is -0.497 e. The Hall–Kier alpha value is -3.45. The molecular weight excluding hydrogens is 445 g/mol. The van der Waals surface area contributed by atoms with Gasteiger partial charge in [-0.15, -0.1) is 0 Å². The lowest BCUT2D eigenvalue weighted by atomic mass is 10.00. The maximum atomic E-state index is 13.5. The van der Waals surface area contributed by atoms with E-state index in [2.05, 4.69) is 4.98 Å². The Morgan fingerprint density at radius 2 is 1.88 bits per heavy atom. The number of aromatic nitrogens is 1. The number of halogens is 2. The summed E-state index contributed by atoms with van der Waals surface area (Å²) in [5, 5.41) is 0.0388. The Bertz CT molecular complexity index is 1280. The molecule has 2 aliphatic rings. The number of aryl methyl sites for hydroxylation is 1. The van der Waals surface area contributed by atoms with Gasteiger partial charge in [-0.25, -0.2) is 9.37 Å². The van der Waals surface area contributed by atoms with Crippen LogP contribution in [0.15, 0.2) is 48.7 Å². The second-order valence-electron chi connectivity index (χ2n) is 8.20. The fourth-order valence-corrected chi connectivity index (χ4v) is 4.51. The van der Waals surface area contributed by atoms with E-state index in [4.69, 9.17) is 16.3 Å². The summed E-state index contributed by atoms with van der Waals surface area (Å²) in [6.45, 7) is 0.925. The van der Waals surface area contributed by atoms with Crippen LogP contribution in [0.3, 0.4) is 0 Å². The number of anilines is 1. The highest BCUT2D eigenvalue weighted by Gasteiger charge is 2.31. The zero-order valence-electron chi connectivity index (χ0n) is 18.0. The van der Waals surface area contributed by atoms with Crippen LogP contribution in [0, 0.1) is 5.82 Å². The van der Waals surface area contributed by atoms with Crippen molar-refractivity contribution in [2.75, 3.05) is 18.6 Å². The predicted molar refractivity (Wildman–Crippen MR) is 123 cm³/mol. The standard InChI is InChI=1S/C25H21ClFN3O3/c1-33-20-5-2-17-12-29(13-19(17)9-20)24(32)14-30-23(31)7-4-16-8-18(11-28-25(16)30)15-3-6-22(27)21(26)10-15/h2-3,5-6,8-11H,4,7,12-14H2,1H3. The number of pyridine rings is 1. The van der Waals surface area contributed by atoms with E-state index in [1.54, 1.807) is 30.3 Å². The number of carbonyl (C=O) groups is 2. The van der Waals surface area contributed by atoms with Gasteiger partial charge in [0.1, 0.15) is 23.9 Å². The molecule has 0 bridgehead atoms. The first-order valence-corrected chi connectivity index (χ1v) is 11.0. The molecule has 1 aromatic heterocycles. The van der Waals surface area contributed by atoms with Gasteiger partial charge in [0, 0.05) is 31.3 Å². The molecule has 2 amide bonds. The molecule has 0 atom stereocenters. The fraction of sp³-hybridized carbons (Fsp3) is 0.240. The molecule has 33 heavy (non-hydrogen) atoms. The average Bonchev–Trinajstić information content (AvgIpc) is 3.26. The van der Waals surface area contributed by atoms with Crippen LogP contribution in [0.4, 0.5) is 10.2 Å². The zero-order valence-corrected chi connectivity index (χ0v) is 18.7. The molecule has 168 valence electrons. The molecule has 0 unspecified atom stereocenters. The molecule has 2 aromatic carbocycles. The Balaban J connectivity index is 1.36. The highest BCUT2D eigenvalue weighted by Crippen LogP contribution is 2.32. The summed E-state index contributed by atoms with van der Waals surface area (Å²) in [5.74, 6) is 0.506. The second-order valence-corrected chi connectivity index (χ2v) is 8.61. The Kier molecular flexibility index (Phi) is 5.50. The summed E-state index contributed by atoms with van der Waals surface area (Å²) >= 11 is 5.92. The molecule has 0 fully saturated rings. The number of fused-ring (bicyclic) bond motifs is 2. The first-order valence-electron chi connectivity index (χ1n) is 10.6. The third-order valence-electron chi connectivity index (χ3n) is 6.14. The quantitative estimate of drug-likeness (QED) is 0.574. The minimum absolute atomic E-state index is 0.0388. The molecule has 0 spiro atoms. The van der Waals surface area contributed by atoms with Gasteiger partial charge in [-0.1, -0.05) is 23.7 Å². The third kappa shape index (κ3) is 4.04. The van der Waals surface area contributed by atoms with E-state index in [0.29, 0.717) is 31.7 Å². The van der Waals surface area contributed by atoms with Crippen LogP contribution in [0.2, 0.25) is 5.02 Å². The van der Waals surface area contributed by atoms with Crippen LogP contribution in [0.25, 0.3) is 11.1 Å². The van der Waals surface area contributed by atoms with Crippen molar-refractivity contribution in [1.29, 1.82) is 0 Å². The number of benzene rings is 2. The maximum Gasteiger partial charge on any atom is 0.243 e. The molecule has 3 heterocycles. The molecule has 8 heteroatoms. The molecule has 6 nitrogen and oxygen atoms in total. The van der Waals surface area contributed by atoms with Crippen LogP contribution in [0.5, 0.6) is 5.75 Å². The molecule has 0 saturated carbocycles. The predicted octanol–water partition coefficient (Wildman–Crippen LogP) is 4.37. The van der Waals surface area contributed by atoms with Crippen molar-refractivity contribution >= 4 is 29.2 Å². The van der Waals surface area contributed by atoms with Gasteiger partial charge >= 0.3 is 0 Å². The minimum atomic E-state index is -0.482. The van der Waals surface area contributed by atoms with Crippen molar-refractivity contribution in [2.24, 2.45) is 0 Å². The van der Waals surface area contributed by atoms with Gasteiger partial charge in [0.15, 0.2) is 0 Å². The lowest BCUT2D eigenvalue weighted by Gasteiger charge is -2.29. The zero-order chi connectivity index (χ0) is 23.1. The highest BCUT2D eigenvalue weighted by atomic mass is 35.5. The summed E-state index contributed by atoms with van der Waals surface area (Å²) in [6, 6.07) is 12.2. The number of rotatable bonds is 4. The summed E-state index contributed by atoms with van der Waals surface area (Å²) in [5.41, 5.74) is 4.51. The lowest BCUT2D eigenvalue weighted by molar-refractivity contribution is -0.132. The highest BCUT2D eigenvalue weighted by molar-refractivity contribution is 6.31. The van der Waals surface area contributed by atoms with Crippen molar-refractivity contribution in [3.8, 4) is 16.9 Å². The average molecular weight is 466 g/mol. The Labute approximate surface area is 195 Å². The second kappa shape index (κ2) is 8.48. The molecule has 0 radical (unpaired) electrons. The molecule has 3 aromatic rings. The molecule has 0 aliphatic carbocycles.